The number of nitrogens with zero attached hydrogens (tertiary/aromatic N) is 2. The number of anilines is 2. The molecular formula is C17H23N3O3. The van der Waals surface area contributed by atoms with Crippen molar-refractivity contribution in [2.75, 3.05) is 36.5 Å². The Hall–Kier alpha value is -2.08. The number of benzene rings is 1. The van der Waals surface area contributed by atoms with Crippen LogP contribution in [0.5, 0.6) is 0 Å². The van der Waals surface area contributed by atoms with E-state index in [1.54, 1.807) is 9.80 Å². The largest absolute Gasteiger partial charge is 0.396 e. The molecule has 3 rings (SSSR count). The van der Waals surface area contributed by atoms with Gasteiger partial charge in [-0.15, -0.1) is 0 Å². The van der Waals surface area contributed by atoms with Gasteiger partial charge in [0.2, 0.25) is 5.91 Å². The van der Waals surface area contributed by atoms with Crippen molar-refractivity contribution in [3.63, 3.8) is 0 Å². The topological polar surface area (TPSA) is 72.9 Å². The maximum Gasteiger partial charge on any atom is 0.321 e. The summed E-state index contributed by atoms with van der Waals surface area (Å²) < 4.78 is 0. The van der Waals surface area contributed by atoms with Gasteiger partial charge in [0.05, 0.1) is 0 Å². The van der Waals surface area contributed by atoms with E-state index in [4.69, 9.17) is 0 Å². The van der Waals surface area contributed by atoms with Crippen LogP contribution in [0.15, 0.2) is 24.3 Å². The van der Waals surface area contributed by atoms with E-state index < -0.39 is 0 Å². The molecule has 0 radical (unpaired) electrons. The monoisotopic (exact) mass is 317 g/mol. The van der Waals surface area contributed by atoms with E-state index >= 15 is 0 Å². The Morgan fingerprint density at radius 1 is 1.22 bits per heavy atom. The van der Waals surface area contributed by atoms with Crippen LogP contribution in [-0.4, -0.2) is 48.2 Å². The third-order valence-corrected chi connectivity index (χ3v) is 4.57. The summed E-state index contributed by atoms with van der Waals surface area (Å²) in [6, 6.07) is 7.25. The zero-order chi connectivity index (χ0) is 16.2. The van der Waals surface area contributed by atoms with Gasteiger partial charge in [0.1, 0.15) is 0 Å². The summed E-state index contributed by atoms with van der Waals surface area (Å²) >= 11 is 0. The summed E-state index contributed by atoms with van der Waals surface area (Å²) in [6.07, 6.45) is 3.41. The molecule has 3 amide bonds. The standard InChI is InChI=1S/C17H23N3O3/c21-12-13-3-1-9-19(11-13)17(23)18-14-5-7-15(8-6-14)20-10-2-4-16(20)22/h5-8,13,21H,1-4,9-12H2,(H,18,23). The van der Waals surface area contributed by atoms with Crippen molar-refractivity contribution in [3.05, 3.63) is 24.3 Å². The quantitative estimate of drug-likeness (QED) is 0.896. The van der Waals surface area contributed by atoms with Gasteiger partial charge in [-0.05, 0) is 49.4 Å². The molecule has 0 saturated carbocycles. The van der Waals surface area contributed by atoms with Crippen molar-refractivity contribution in [1.29, 1.82) is 0 Å². The highest BCUT2D eigenvalue weighted by Gasteiger charge is 2.24. The molecule has 6 nitrogen and oxygen atoms in total. The van der Waals surface area contributed by atoms with Crippen molar-refractivity contribution in [2.45, 2.75) is 25.7 Å². The van der Waals surface area contributed by atoms with Gasteiger partial charge < -0.3 is 20.2 Å². The molecule has 23 heavy (non-hydrogen) atoms. The third kappa shape index (κ3) is 3.64. The minimum atomic E-state index is -0.131. The van der Waals surface area contributed by atoms with Crippen molar-refractivity contribution in [3.8, 4) is 0 Å². The van der Waals surface area contributed by atoms with Gasteiger partial charge in [-0.1, -0.05) is 0 Å². The third-order valence-electron chi connectivity index (χ3n) is 4.57. The van der Waals surface area contributed by atoms with E-state index in [1.807, 2.05) is 24.3 Å². The molecule has 1 aromatic carbocycles. The Bertz CT molecular complexity index is 573. The van der Waals surface area contributed by atoms with Gasteiger partial charge >= 0.3 is 6.03 Å². The molecule has 2 aliphatic rings. The molecule has 2 heterocycles. The lowest BCUT2D eigenvalue weighted by Crippen LogP contribution is -2.43. The average Bonchev–Trinajstić information content (AvgIpc) is 3.01. The number of likely N-dealkylation sites (tertiary alicyclic amines) is 1. The highest BCUT2D eigenvalue weighted by atomic mass is 16.3. The van der Waals surface area contributed by atoms with Gasteiger partial charge in [-0.3, -0.25) is 4.79 Å². The van der Waals surface area contributed by atoms with Crippen LogP contribution in [0, 0.1) is 5.92 Å². The molecule has 2 fully saturated rings. The van der Waals surface area contributed by atoms with Crippen molar-refractivity contribution >= 4 is 23.3 Å². The predicted molar refractivity (Wildman–Crippen MR) is 88.4 cm³/mol. The fraction of sp³-hybridized carbons (Fsp3) is 0.529. The number of carbonyl (C=O) groups excluding carboxylic acids is 2. The molecule has 0 bridgehead atoms. The van der Waals surface area contributed by atoms with Crippen molar-refractivity contribution in [1.82, 2.24) is 4.90 Å². The number of hydrogen-bond acceptors (Lipinski definition) is 3. The molecule has 0 aromatic heterocycles. The van der Waals surface area contributed by atoms with Crippen LogP contribution < -0.4 is 10.2 Å². The number of aliphatic hydroxyl groups is 1. The van der Waals surface area contributed by atoms with Crippen LogP contribution in [0.2, 0.25) is 0 Å². The minimum Gasteiger partial charge on any atom is -0.396 e. The average molecular weight is 317 g/mol. The van der Waals surface area contributed by atoms with Crippen LogP contribution in [0.3, 0.4) is 0 Å². The first-order chi connectivity index (χ1) is 11.2. The maximum atomic E-state index is 12.3. The Labute approximate surface area is 136 Å². The lowest BCUT2D eigenvalue weighted by Gasteiger charge is -2.31. The van der Waals surface area contributed by atoms with E-state index in [9.17, 15) is 14.7 Å². The molecule has 1 aromatic rings. The molecule has 1 atom stereocenters. The number of amides is 3. The van der Waals surface area contributed by atoms with Gasteiger partial charge in [-0.2, -0.15) is 0 Å². The summed E-state index contributed by atoms with van der Waals surface area (Å²) in [7, 11) is 0. The van der Waals surface area contributed by atoms with Gasteiger partial charge in [0.25, 0.3) is 0 Å². The molecule has 2 N–H and O–H groups in total. The normalized spacial score (nSPS) is 21.6. The smallest absolute Gasteiger partial charge is 0.321 e. The molecule has 124 valence electrons. The number of nitrogens with one attached hydrogen (secondary N) is 1. The number of piperidine rings is 1. The van der Waals surface area contributed by atoms with E-state index in [2.05, 4.69) is 5.32 Å². The van der Waals surface area contributed by atoms with Gasteiger partial charge in [-0.25, -0.2) is 4.79 Å². The van der Waals surface area contributed by atoms with Gasteiger partial charge in [0.15, 0.2) is 0 Å². The fourth-order valence-corrected chi connectivity index (χ4v) is 3.25. The molecule has 1 unspecified atom stereocenters. The second-order valence-corrected chi connectivity index (χ2v) is 6.26. The van der Waals surface area contributed by atoms with E-state index in [0.717, 1.165) is 43.7 Å². The van der Waals surface area contributed by atoms with Crippen molar-refractivity contribution < 1.29 is 14.7 Å². The van der Waals surface area contributed by atoms with E-state index in [-0.39, 0.29) is 24.5 Å². The van der Waals surface area contributed by atoms with Crippen LogP contribution in [0.4, 0.5) is 16.2 Å². The van der Waals surface area contributed by atoms with Gasteiger partial charge in [0, 0.05) is 44.0 Å². The van der Waals surface area contributed by atoms with Crippen molar-refractivity contribution in [2.24, 2.45) is 5.92 Å². The number of rotatable bonds is 3. The Balaban J connectivity index is 1.59. The zero-order valence-electron chi connectivity index (χ0n) is 13.2. The Morgan fingerprint density at radius 3 is 2.65 bits per heavy atom. The lowest BCUT2D eigenvalue weighted by atomic mass is 9.99. The summed E-state index contributed by atoms with van der Waals surface area (Å²) in [5.74, 6) is 0.336. The molecule has 6 heteroatoms. The molecule has 0 aliphatic carbocycles. The summed E-state index contributed by atoms with van der Waals surface area (Å²) in [5.41, 5.74) is 1.60. The SMILES string of the molecule is O=C(Nc1ccc(N2CCCC2=O)cc1)N1CCCC(CO)C1. The second-order valence-electron chi connectivity index (χ2n) is 6.26. The predicted octanol–water partition coefficient (Wildman–Crippen LogP) is 2.05. The fourth-order valence-electron chi connectivity index (χ4n) is 3.25. The molecule has 2 aliphatic heterocycles. The van der Waals surface area contributed by atoms with Crippen LogP contribution >= 0.6 is 0 Å². The first kappa shape index (κ1) is 15.8. The van der Waals surface area contributed by atoms with Crippen LogP contribution in [0.25, 0.3) is 0 Å². The molecular weight excluding hydrogens is 294 g/mol. The number of carbonyl (C=O) groups is 2. The minimum absolute atomic E-state index is 0.127. The maximum absolute atomic E-state index is 12.3. The summed E-state index contributed by atoms with van der Waals surface area (Å²) in [6.45, 7) is 2.22. The number of hydrogen-bond donors (Lipinski definition) is 2. The molecule has 2 saturated heterocycles. The second kappa shape index (κ2) is 7.00. The highest BCUT2D eigenvalue weighted by molar-refractivity contribution is 5.96. The van der Waals surface area contributed by atoms with E-state index in [1.165, 1.54) is 0 Å². The zero-order valence-corrected chi connectivity index (χ0v) is 13.2. The number of urea groups is 1. The Kier molecular flexibility index (Phi) is 4.81. The van der Waals surface area contributed by atoms with Crippen LogP contribution in [0.1, 0.15) is 25.7 Å². The van der Waals surface area contributed by atoms with E-state index in [0.29, 0.717) is 13.0 Å². The Morgan fingerprint density at radius 2 is 2.00 bits per heavy atom. The summed E-state index contributed by atoms with van der Waals surface area (Å²) in [4.78, 5) is 27.6. The summed E-state index contributed by atoms with van der Waals surface area (Å²) in [5, 5.41) is 12.1. The number of aliphatic hydroxyl groups excluding tert-OH is 1. The first-order valence-corrected chi connectivity index (χ1v) is 8.24. The first-order valence-electron chi connectivity index (χ1n) is 8.24. The van der Waals surface area contributed by atoms with Crippen LogP contribution in [-0.2, 0) is 4.79 Å². The highest BCUT2D eigenvalue weighted by Crippen LogP contribution is 2.23. The molecule has 0 spiro atoms. The lowest BCUT2D eigenvalue weighted by molar-refractivity contribution is -0.117.